The van der Waals surface area contributed by atoms with Gasteiger partial charge in [0, 0.05) is 5.57 Å². The molecule has 0 saturated heterocycles. The van der Waals surface area contributed by atoms with Crippen LogP contribution in [0.5, 0.6) is 0 Å². The molecule has 0 saturated carbocycles. The van der Waals surface area contributed by atoms with E-state index in [0.717, 1.165) is 0 Å². The first-order valence-electron chi connectivity index (χ1n) is 2.62. The zero-order valence-electron chi connectivity index (χ0n) is 5.79. The molecule has 1 amide bonds. The van der Waals surface area contributed by atoms with E-state index >= 15 is 0 Å². The summed E-state index contributed by atoms with van der Waals surface area (Å²) in [5, 5.41) is 0. The molecule has 1 aliphatic rings. The number of rotatable bonds is 1. The molecule has 11 heavy (non-hydrogen) atoms. The van der Waals surface area contributed by atoms with Crippen molar-refractivity contribution in [2.24, 2.45) is 4.99 Å². The Morgan fingerprint density at radius 3 is 2.27 bits per heavy atom. The molecule has 60 valence electrons. The smallest absolute Gasteiger partial charge is 0.400 e. The second-order valence-electron chi connectivity index (χ2n) is 1.89. The summed E-state index contributed by atoms with van der Waals surface area (Å²) in [7, 11) is 0. The quantitative estimate of drug-likeness (QED) is 0.430. The van der Waals surface area contributed by atoms with Crippen LogP contribution in [0.4, 0.5) is 0 Å². The predicted octanol–water partition coefficient (Wildman–Crippen LogP) is 0.466. The molecule has 5 heteroatoms. The summed E-state index contributed by atoms with van der Waals surface area (Å²) < 4.78 is 4.40. The summed E-state index contributed by atoms with van der Waals surface area (Å²) in [6.07, 6.45) is 0. The molecule has 0 aromatic rings. The molecule has 0 aromatic heterocycles. The zero-order valence-corrected chi connectivity index (χ0v) is 6.60. The molecular formula is C6H6ClNO3. The first-order valence-corrected chi connectivity index (χ1v) is 2.62. The van der Waals surface area contributed by atoms with Crippen molar-refractivity contribution in [3.63, 3.8) is 0 Å². The molecule has 0 unspecified atom stereocenters. The van der Waals surface area contributed by atoms with E-state index in [1.165, 1.54) is 0 Å². The Morgan fingerprint density at radius 2 is 2.09 bits per heavy atom. The van der Waals surface area contributed by atoms with Crippen molar-refractivity contribution in [1.82, 2.24) is 0 Å². The minimum Gasteiger partial charge on any atom is -0.400 e. The average molecular weight is 176 g/mol. The molecule has 0 aromatic carbocycles. The van der Waals surface area contributed by atoms with E-state index in [4.69, 9.17) is 0 Å². The molecule has 0 radical (unpaired) electrons. The van der Waals surface area contributed by atoms with Gasteiger partial charge in [0.25, 0.3) is 0 Å². The molecule has 0 fully saturated rings. The number of nitrogens with zero attached hydrogens (tertiary/aromatic N) is 1. The van der Waals surface area contributed by atoms with Gasteiger partial charge in [-0.25, -0.2) is 4.79 Å². The Balaban J connectivity index is 0.000001000. The first kappa shape index (κ1) is 9.84. The molecule has 1 aliphatic heterocycles. The lowest BCUT2D eigenvalue weighted by molar-refractivity contribution is -0.145. The van der Waals surface area contributed by atoms with Crippen LogP contribution in [0.25, 0.3) is 0 Å². The summed E-state index contributed by atoms with van der Waals surface area (Å²) in [5.74, 6) is -1.77. The van der Waals surface area contributed by atoms with E-state index in [0.29, 0.717) is 5.57 Å². The van der Waals surface area contributed by atoms with E-state index in [-0.39, 0.29) is 18.3 Å². The van der Waals surface area contributed by atoms with Crippen molar-refractivity contribution in [3.8, 4) is 0 Å². The Bertz CT molecular complexity index is 257. The zero-order chi connectivity index (χ0) is 7.72. The molecule has 0 atom stereocenters. The lowest BCUT2D eigenvalue weighted by Crippen LogP contribution is -2.08. The topological polar surface area (TPSA) is 55.7 Å². The molecule has 4 nitrogen and oxygen atoms in total. The molecule has 0 bridgehead atoms. The maximum atomic E-state index is 10.4. The van der Waals surface area contributed by atoms with Gasteiger partial charge >= 0.3 is 11.9 Å². The van der Waals surface area contributed by atoms with Gasteiger partial charge in [0.05, 0.1) is 0 Å². The molecular weight excluding hydrogens is 170 g/mol. The van der Waals surface area contributed by atoms with Gasteiger partial charge in [-0.05, 0) is 6.92 Å². The Labute approximate surface area is 69.4 Å². The Kier molecular flexibility index (Phi) is 2.95. The fraction of sp³-hybridized carbons (Fsp3) is 0.167. The summed E-state index contributed by atoms with van der Waals surface area (Å²) in [5.41, 5.74) is 0.471. The molecule has 0 spiro atoms. The van der Waals surface area contributed by atoms with Gasteiger partial charge in [-0.2, -0.15) is 4.99 Å². The minimum atomic E-state index is -0.932. The maximum Gasteiger partial charge on any atom is 0.406 e. The highest BCUT2D eigenvalue weighted by Crippen LogP contribution is 2.04. The van der Waals surface area contributed by atoms with Crippen molar-refractivity contribution < 1.29 is 14.3 Å². The van der Waals surface area contributed by atoms with Crippen molar-refractivity contribution in [2.45, 2.75) is 6.92 Å². The largest absolute Gasteiger partial charge is 0.406 e. The standard InChI is InChI=1S/C6H5NO3.ClH/c1-3(2)5-7-4(8)6(9)10-5;/h1H2,2H3;1H. The number of halogens is 1. The summed E-state index contributed by atoms with van der Waals surface area (Å²) in [4.78, 5) is 24.0. The minimum absolute atomic E-state index is 0. The van der Waals surface area contributed by atoms with Crippen LogP contribution in [0.3, 0.4) is 0 Å². The fourth-order valence-electron chi connectivity index (χ4n) is 0.475. The van der Waals surface area contributed by atoms with Crippen LogP contribution in [0.1, 0.15) is 6.92 Å². The van der Waals surface area contributed by atoms with Crippen molar-refractivity contribution in [1.29, 1.82) is 0 Å². The monoisotopic (exact) mass is 175 g/mol. The highest BCUT2D eigenvalue weighted by molar-refractivity contribution is 6.41. The van der Waals surface area contributed by atoms with E-state index in [1.807, 2.05) is 0 Å². The second kappa shape index (κ2) is 3.30. The van der Waals surface area contributed by atoms with Crippen molar-refractivity contribution in [2.75, 3.05) is 0 Å². The summed E-state index contributed by atoms with van der Waals surface area (Å²) in [6.45, 7) is 5.05. The average Bonchev–Trinajstić information content (AvgIpc) is 2.13. The molecule has 1 heterocycles. The molecule has 0 aliphatic carbocycles. The fourth-order valence-corrected chi connectivity index (χ4v) is 0.475. The van der Waals surface area contributed by atoms with Gasteiger partial charge < -0.3 is 4.74 Å². The maximum absolute atomic E-state index is 10.4. The number of carbonyl (C=O) groups excluding carboxylic acids is 2. The van der Waals surface area contributed by atoms with Gasteiger partial charge in [0.2, 0.25) is 5.90 Å². The van der Waals surface area contributed by atoms with Crippen molar-refractivity contribution in [3.05, 3.63) is 12.2 Å². The highest BCUT2D eigenvalue weighted by Gasteiger charge is 2.26. The molecule has 0 N–H and O–H groups in total. The van der Waals surface area contributed by atoms with Crippen LogP contribution < -0.4 is 0 Å². The third-order valence-corrected chi connectivity index (χ3v) is 0.932. The van der Waals surface area contributed by atoms with Crippen LogP contribution in [-0.4, -0.2) is 17.8 Å². The number of carbonyl (C=O) groups is 2. The predicted molar refractivity (Wildman–Crippen MR) is 40.6 cm³/mol. The number of amides is 1. The second-order valence-corrected chi connectivity index (χ2v) is 1.89. The van der Waals surface area contributed by atoms with Gasteiger partial charge in [-0.3, -0.25) is 4.79 Å². The lowest BCUT2D eigenvalue weighted by atomic mass is 10.4. The van der Waals surface area contributed by atoms with Crippen LogP contribution >= 0.6 is 12.4 Å². The normalized spacial score (nSPS) is 15.2. The summed E-state index contributed by atoms with van der Waals surface area (Å²) >= 11 is 0. The van der Waals surface area contributed by atoms with E-state index in [1.54, 1.807) is 6.92 Å². The molecule has 1 rings (SSSR count). The number of hydrogen-bond donors (Lipinski definition) is 0. The Morgan fingerprint density at radius 1 is 1.55 bits per heavy atom. The summed E-state index contributed by atoms with van der Waals surface area (Å²) in [6, 6.07) is 0. The number of hydrogen-bond acceptors (Lipinski definition) is 3. The first-order chi connectivity index (χ1) is 4.61. The number of esters is 1. The number of cyclic esters (lactones) is 1. The number of ether oxygens (including phenoxy) is 1. The lowest BCUT2D eigenvalue weighted by Gasteiger charge is -1.92. The third kappa shape index (κ3) is 1.88. The van der Waals surface area contributed by atoms with Gasteiger partial charge in [0.1, 0.15) is 0 Å². The number of aliphatic imine (C=N–C) groups is 1. The highest BCUT2D eigenvalue weighted by atomic mass is 35.5. The third-order valence-electron chi connectivity index (χ3n) is 0.932. The van der Waals surface area contributed by atoms with Gasteiger partial charge in [0.15, 0.2) is 0 Å². The van der Waals surface area contributed by atoms with E-state index in [2.05, 4.69) is 16.3 Å². The van der Waals surface area contributed by atoms with Gasteiger partial charge in [-0.15, -0.1) is 12.4 Å². The van der Waals surface area contributed by atoms with Crippen LogP contribution in [0.2, 0.25) is 0 Å². The van der Waals surface area contributed by atoms with Crippen molar-refractivity contribution >= 4 is 30.2 Å². The van der Waals surface area contributed by atoms with Crippen LogP contribution in [0, 0.1) is 0 Å². The Hall–Kier alpha value is -1.16. The SMILES string of the molecule is C=C(C)C1=NC(=O)C(=O)O1.Cl. The van der Waals surface area contributed by atoms with E-state index in [9.17, 15) is 9.59 Å². The van der Waals surface area contributed by atoms with Crippen LogP contribution in [-0.2, 0) is 14.3 Å². The van der Waals surface area contributed by atoms with Gasteiger partial charge in [-0.1, -0.05) is 6.58 Å². The van der Waals surface area contributed by atoms with Crippen LogP contribution in [0.15, 0.2) is 17.1 Å². The van der Waals surface area contributed by atoms with E-state index < -0.39 is 11.9 Å².